The number of carbonyl (C=O) groups is 1. The summed E-state index contributed by atoms with van der Waals surface area (Å²) in [5.41, 5.74) is 1.67. The van der Waals surface area contributed by atoms with Crippen molar-refractivity contribution >= 4 is 22.9 Å². The first-order chi connectivity index (χ1) is 14.6. The molecule has 9 heteroatoms. The van der Waals surface area contributed by atoms with Crippen LogP contribution in [0.25, 0.3) is 22.4 Å². The second-order valence-electron chi connectivity index (χ2n) is 7.59. The molecule has 2 aliphatic rings. The van der Waals surface area contributed by atoms with E-state index in [-0.39, 0.29) is 12.2 Å². The van der Waals surface area contributed by atoms with Gasteiger partial charge in [-0.25, -0.2) is 19.4 Å². The Morgan fingerprint density at radius 3 is 2.60 bits per heavy atom. The molecule has 2 unspecified atom stereocenters. The van der Waals surface area contributed by atoms with Gasteiger partial charge in [0.1, 0.15) is 11.6 Å². The number of carbonyl (C=O) groups excluding carboxylic acids is 1. The highest BCUT2D eigenvalue weighted by Crippen LogP contribution is 2.33. The lowest BCUT2D eigenvalue weighted by Crippen LogP contribution is -2.43. The number of hydrogen-bond donors (Lipinski definition) is 1. The highest BCUT2D eigenvalue weighted by atomic mass is 16.6. The smallest absolute Gasteiger partial charge is 0.410 e. The van der Waals surface area contributed by atoms with Gasteiger partial charge in [0.2, 0.25) is 0 Å². The average molecular weight is 408 g/mol. The fourth-order valence-electron chi connectivity index (χ4n) is 4.16. The van der Waals surface area contributed by atoms with Crippen LogP contribution in [0.4, 0.5) is 10.6 Å². The topological polar surface area (TPSA) is 94.4 Å². The van der Waals surface area contributed by atoms with Crippen molar-refractivity contribution in [2.24, 2.45) is 0 Å². The fourth-order valence-corrected chi connectivity index (χ4v) is 4.16. The number of ether oxygens (including phenoxy) is 2. The molecule has 5 rings (SSSR count). The minimum absolute atomic E-state index is 0.263. The lowest BCUT2D eigenvalue weighted by Gasteiger charge is -2.33. The zero-order valence-corrected chi connectivity index (χ0v) is 17.0. The Labute approximate surface area is 174 Å². The molecule has 2 aliphatic heterocycles. The Bertz CT molecular complexity index is 1070. The molecule has 0 spiro atoms. The van der Waals surface area contributed by atoms with E-state index < -0.39 is 6.09 Å². The second-order valence-corrected chi connectivity index (χ2v) is 7.59. The number of fused-ring (bicyclic) bond motifs is 3. The number of nitrogens with zero attached hydrogens (tertiary/aromatic N) is 5. The van der Waals surface area contributed by atoms with Gasteiger partial charge in [-0.3, -0.25) is 0 Å². The number of aryl methyl sites for hydroxylation is 1. The number of rotatable bonds is 4. The monoisotopic (exact) mass is 408 g/mol. The van der Waals surface area contributed by atoms with E-state index in [1.165, 1.54) is 7.05 Å². The SMILES string of the molecule is CCn1ncc2c(N3CC4CCC(C3)O4)nc(-c3ccc(OC(=O)NC)cc3)nc21. The first-order valence-electron chi connectivity index (χ1n) is 10.3. The van der Waals surface area contributed by atoms with E-state index in [2.05, 4.69) is 15.3 Å². The first kappa shape index (κ1) is 18.8. The third-order valence-corrected chi connectivity index (χ3v) is 5.65. The number of hydrogen-bond acceptors (Lipinski definition) is 7. The Morgan fingerprint density at radius 2 is 1.93 bits per heavy atom. The third-order valence-electron chi connectivity index (χ3n) is 5.65. The molecule has 9 nitrogen and oxygen atoms in total. The molecule has 2 fully saturated rings. The number of amides is 1. The Morgan fingerprint density at radius 1 is 1.20 bits per heavy atom. The molecule has 30 heavy (non-hydrogen) atoms. The normalized spacial score (nSPS) is 20.5. The molecule has 3 aromatic rings. The molecule has 4 heterocycles. The second kappa shape index (κ2) is 7.56. The predicted octanol–water partition coefficient (Wildman–Crippen LogP) is 2.60. The van der Waals surface area contributed by atoms with Crippen LogP contribution in [0.1, 0.15) is 19.8 Å². The summed E-state index contributed by atoms with van der Waals surface area (Å²) in [7, 11) is 1.52. The van der Waals surface area contributed by atoms with E-state index in [0.717, 1.165) is 54.9 Å². The quantitative estimate of drug-likeness (QED) is 0.709. The van der Waals surface area contributed by atoms with Crippen LogP contribution in [-0.4, -0.2) is 58.2 Å². The molecule has 2 saturated heterocycles. The van der Waals surface area contributed by atoms with Crippen LogP contribution in [0.3, 0.4) is 0 Å². The van der Waals surface area contributed by atoms with Gasteiger partial charge >= 0.3 is 6.09 Å². The van der Waals surface area contributed by atoms with Gasteiger partial charge in [0.05, 0.1) is 23.8 Å². The molecule has 2 aromatic heterocycles. The van der Waals surface area contributed by atoms with Crippen molar-refractivity contribution in [2.75, 3.05) is 25.0 Å². The molecule has 0 saturated carbocycles. The summed E-state index contributed by atoms with van der Waals surface area (Å²) in [4.78, 5) is 23.5. The predicted molar refractivity (Wildman–Crippen MR) is 112 cm³/mol. The van der Waals surface area contributed by atoms with Crippen molar-refractivity contribution in [1.29, 1.82) is 0 Å². The van der Waals surface area contributed by atoms with Gasteiger partial charge in [0.25, 0.3) is 0 Å². The molecule has 2 atom stereocenters. The zero-order valence-electron chi connectivity index (χ0n) is 17.0. The van der Waals surface area contributed by atoms with Gasteiger partial charge in [-0.15, -0.1) is 0 Å². The average Bonchev–Trinajstić information content (AvgIpc) is 3.35. The van der Waals surface area contributed by atoms with E-state index in [1.54, 1.807) is 12.1 Å². The molecule has 1 aromatic carbocycles. The summed E-state index contributed by atoms with van der Waals surface area (Å²) in [5, 5.41) is 7.90. The van der Waals surface area contributed by atoms with Crippen molar-refractivity contribution in [1.82, 2.24) is 25.1 Å². The minimum atomic E-state index is -0.503. The van der Waals surface area contributed by atoms with E-state index in [4.69, 9.17) is 19.4 Å². The van der Waals surface area contributed by atoms with Crippen LogP contribution in [-0.2, 0) is 11.3 Å². The molecule has 2 bridgehead atoms. The minimum Gasteiger partial charge on any atom is -0.410 e. The van der Waals surface area contributed by atoms with Crippen molar-refractivity contribution < 1.29 is 14.3 Å². The van der Waals surface area contributed by atoms with Crippen molar-refractivity contribution in [3.8, 4) is 17.1 Å². The molecule has 0 aliphatic carbocycles. The fraction of sp³-hybridized carbons (Fsp3) is 0.429. The van der Waals surface area contributed by atoms with E-state index in [1.807, 2.05) is 29.9 Å². The van der Waals surface area contributed by atoms with Gasteiger partial charge in [-0.05, 0) is 44.0 Å². The Hall–Kier alpha value is -3.20. The van der Waals surface area contributed by atoms with Crippen molar-refractivity contribution in [3.63, 3.8) is 0 Å². The molecule has 0 radical (unpaired) electrons. The van der Waals surface area contributed by atoms with Crippen molar-refractivity contribution in [2.45, 2.75) is 38.5 Å². The number of benzene rings is 1. The summed E-state index contributed by atoms with van der Waals surface area (Å²) in [6.07, 6.45) is 4.08. The highest BCUT2D eigenvalue weighted by molar-refractivity contribution is 5.89. The Kier molecular flexibility index (Phi) is 4.74. The lowest BCUT2D eigenvalue weighted by atomic mass is 10.2. The maximum absolute atomic E-state index is 11.4. The molecular weight excluding hydrogens is 384 g/mol. The maximum atomic E-state index is 11.4. The summed E-state index contributed by atoms with van der Waals surface area (Å²) < 4.78 is 13.1. The first-order valence-corrected chi connectivity index (χ1v) is 10.3. The van der Waals surface area contributed by atoms with Crippen LogP contribution in [0.5, 0.6) is 5.75 Å². The number of morpholine rings is 1. The van der Waals surface area contributed by atoms with Gasteiger partial charge in [0.15, 0.2) is 11.5 Å². The van der Waals surface area contributed by atoms with Gasteiger partial charge in [-0.1, -0.05) is 0 Å². The zero-order chi connectivity index (χ0) is 20.7. The lowest BCUT2D eigenvalue weighted by molar-refractivity contribution is 0.0303. The molecule has 156 valence electrons. The van der Waals surface area contributed by atoms with Crippen LogP contribution in [0.2, 0.25) is 0 Å². The summed E-state index contributed by atoms with van der Waals surface area (Å²) in [6.45, 7) is 4.44. The van der Waals surface area contributed by atoms with Gasteiger partial charge in [0, 0.05) is 32.2 Å². The number of nitrogens with one attached hydrogen (secondary N) is 1. The van der Waals surface area contributed by atoms with Gasteiger partial charge in [-0.2, -0.15) is 5.10 Å². The van der Waals surface area contributed by atoms with Crippen LogP contribution < -0.4 is 15.0 Å². The third kappa shape index (κ3) is 3.35. The maximum Gasteiger partial charge on any atom is 0.412 e. The molecule has 1 N–H and O–H groups in total. The summed E-state index contributed by atoms with van der Waals surface area (Å²) in [6, 6.07) is 7.20. The standard InChI is InChI=1S/C21H24N6O3/c1-3-27-20-17(10-23-27)19(26-11-15-8-9-16(12-26)29-15)24-18(25-20)13-4-6-14(7-5-13)30-21(28)22-2/h4-7,10,15-16H,3,8-9,11-12H2,1-2H3,(H,22,28). The largest absolute Gasteiger partial charge is 0.412 e. The molecule has 1 amide bonds. The molecular formula is C21H24N6O3. The van der Waals surface area contributed by atoms with Crippen LogP contribution in [0.15, 0.2) is 30.5 Å². The van der Waals surface area contributed by atoms with Crippen LogP contribution >= 0.6 is 0 Å². The van der Waals surface area contributed by atoms with E-state index in [0.29, 0.717) is 11.6 Å². The number of aromatic nitrogens is 4. The highest BCUT2D eigenvalue weighted by Gasteiger charge is 2.35. The van der Waals surface area contributed by atoms with Crippen molar-refractivity contribution in [3.05, 3.63) is 30.5 Å². The summed E-state index contributed by atoms with van der Waals surface area (Å²) >= 11 is 0. The number of anilines is 1. The van der Waals surface area contributed by atoms with E-state index >= 15 is 0 Å². The van der Waals surface area contributed by atoms with E-state index in [9.17, 15) is 4.79 Å². The van der Waals surface area contributed by atoms with Gasteiger partial charge < -0.3 is 19.7 Å². The van der Waals surface area contributed by atoms with Crippen LogP contribution in [0, 0.1) is 0 Å². The summed E-state index contributed by atoms with van der Waals surface area (Å²) in [5.74, 6) is 1.99. The Balaban J connectivity index is 1.54.